The minimum Gasteiger partial charge on any atom is -0.278 e. The number of benzene rings is 3. The van der Waals surface area contributed by atoms with Crippen molar-refractivity contribution in [3.63, 3.8) is 0 Å². The van der Waals surface area contributed by atoms with Gasteiger partial charge in [0.25, 0.3) is 0 Å². The molecule has 0 saturated carbocycles. The van der Waals surface area contributed by atoms with Gasteiger partial charge in [0.05, 0.1) is 11.0 Å². The van der Waals surface area contributed by atoms with Crippen molar-refractivity contribution in [1.82, 2.24) is 19.5 Å². The van der Waals surface area contributed by atoms with Crippen molar-refractivity contribution in [2.24, 2.45) is 0 Å². The smallest absolute Gasteiger partial charge is 0.238 e. The minimum absolute atomic E-state index is 0.616. The van der Waals surface area contributed by atoms with E-state index >= 15 is 0 Å². The zero-order valence-electron chi connectivity index (χ0n) is 23.5. The number of rotatable bonds is 6. The number of aromatic nitrogens is 4. The van der Waals surface area contributed by atoms with Crippen LogP contribution in [0.3, 0.4) is 0 Å². The molecular weight excluding hydrogens is 476 g/mol. The number of allylic oxidation sites excluding steroid dienone is 7. The Hall–Kier alpha value is -4.57. The summed E-state index contributed by atoms with van der Waals surface area (Å²) in [5.74, 6) is 1.94. The molecule has 0 aliphatic heterocycles. The second-order valence-electron chi connectivity index (χ2n) is 9.17. The Kier molecular flexibility index (Phi) is 9.01. The lowest BCUT2D eigenvalue weighted by molar-refractivity contribution is 0.932. The third kappa shape index (κ3) is 5.80. The molecule has 0 aliphatic carbocycles. The number of para-hydroxylation sites is 1. The van der Waals surface area contributed by atoms with Gasteiger partial charge in [0, 0.05) is 21.9 Å². The Balaban J connectivity index is 0.00000112. The van der Waals surface area contributed by atoms with Gasteiger partial charge in [0.2, 0.25) is 5.95 Å². The van der Waals surface area contributed by atoms with E-state index in [1.54, 1.807) is 6.08 Å². The topological polar surface area (TPSA) is 43.6 Å². The van der Waals surface area contributed by atoms with E-state index in [0.29, 0.717) is 17.6 Å². The molecule has 4 nitrogen and oxygen atoms in total. The van der Waals surface area contributed by atoms with Crippen LogP contribution in [0.4, 0.5) is 0 Å². The summed E-state index contributed by atoms with van der Waals surface area (Å²) >= 11 is 0. The van der Waals surface area contributed by atoms with Gasteiger partial charge >= 0.3 is 0 Å². The summed E-state index contributed by atoms with van der Waals surface area (Å²) < 4.78 is 2.16. The first kappa shape index (κ1) is 27.5. The Morgan fingerprint density at radius 3 is 2.21 bits per heavy atom. The third-order valence-electron chi connectivity index (χ3n) is 6.52. The predicted molar refractivity (Wildman–Crippen MR) is 168 cm³/mol. The van der Waals surface area contributed by atoms with Gasteiger partial charge in [-0.2, -0.15) is 9.97 Å². The van der Waals surface area contributed by atoms with Crippen molar-refractivity contribution in [3.05, 3.63) is 121 Å². The maximum Gasteiger partial charge on any atom is 0.238 e. The monoisotopic (exact) mass is 512 g/mol. The van der Waals surface area contributed by atoms with Gasteiger partial charge in [0.1, 0.15) is 0 Å². The van der Waals surface area contributed by atoms with Crippen molar-refractivity contribution in [3.8, 4) is 17.3 Å². The summed E-state index contributed by atoms with van der Waals surface area (Å²) in [4.78, 5) is 14.9. The average Bonchev–Trinajstić information content (AvgIpc) is 3.31. The first-order valence-corrected chi connectivity index (χ1v) is 13.4. The predicted octanol–water partition coefficient (Wildman–Crippen LogP) is 9.62. The van der Waals surface area contributed by atoms with E-state index in [1.165, 1.54) is 21.9 Å². The van der Waals surface area contributed by atoms with Gasteiger partial charge < -0.3 is 0 Å². The van der Waals surface area contributed by atoms with Crippen LogP contribution in [0.1, 0.15) is 52.4 Å². The van der Waals surface area contributed by atoms with Gasteiger partial charge in [-0.3, -0.25) is 4.57 Å². The molecule has 0 atom stereocenters. The second-order valence-corrected chi connectivity index (χ2v) is 9.17. The van der Waals surface area contributed by atoms with Crippen LogP contribution in [-0.4, -0.2) is 19.5 Å². The molecule has 0 N–H and O–H groups in total. The van der Waals surface area contributed by atoms with Crippen LogP contribution in [0.5, 0.6) is 0 Å². The molecule has 196 valence electrons. The van der Waals surface area contributed by atoms with Crippen molar-refractivity contribution in [2.75, 3.05) is 0 Å². The van der Waals surface area contributed by atoms with Gasteiger partial charge in [0.15, 0.2) is 11.6 Å². The molecule has 5 aromatic rings. The fourth-order valence-corrected chi connectivity index (χ4v) is 4.46. The van der Waals surface area contributed by atoms with Crippen LogP contribution in [0, 0.1) is 0 Å². The lowest BCUT2D eigenvalue weighted by atomic mass is 10.0. The van der Waals surface area contributed by atoms with Crippen molar-refractivity contribution < 1.29 is 0 Å². The summed E-state index contributed by atoms with van der Waals surface area (Å²) in [6.07, 6.45) is 11.1. The number of nitrogens with zero attached hydrogens (tertiary/aromatic N) is 4. The zero-order valence-corrected chi connectivity index (χ0v) is 23.5. The van der Waals surface area contributed by atoms with Crippen LogP contribution in [-0.2, 0) is 0 Å². The van der Waals surface area contributed by atoms with Crippen LogP contribution in [0.15, 0.2) is 110 Å². The largest absolute Gasteiger partial charge is 0.278 e. The van der Waals surface area contributed by atoms with Crippen LogP contribution >= 0.6 is 0 Å². The standard InChI is InChI=1S/C32H30N4.C3H6/c1-5-8-14-23(7-3)30-33-31(24-15-10-9-11-16-24)35-32(34-30)36-28-18-13-12-17-26(28)27-21-25(22(4)6-2)19-20-29(27)36;1-3-2/h6-21H,5H2,1-4H3;3H,1H2,2H3/b14-8-,22-6+,23-7+;. The average molecular weight is 513 g/mol. The van der Waals surface area contributed by atoms with Crippen LogP contribution in [0.2, 0.25) is 0 Å². The quantitative estimate of drug-likeness (QED) is 0.168. The van der Waals surface area contributed by atoms with E-state index in [9.17, 15) is 0 Å². The first-order chi connectivity index (χ1) is 19.1. The molecule has 2 aromatic heterocycles. The van der Waals surface area contributed by atoms with Crippen molar-refractivity contribution in [1.29, 1.82) is 0 Å². The molecule has 2 heterocycles. The first-order valence-electron chi connectivity index (χ1n) is 13.4. The van der Waals surface area contributed by atoms with E-state index < -0.39 is 0 Å². The molecule has 0 amide bonds. The maximum absolute atomic E-state index is 5.01. The Morgan fingerprint density at radius 2 is 1.51 bits per heavy atom. The van der Waals surface area contributed by atoms with E-state index in [0.717, 1.165) is 28.6 Å². The molecule has 4 heteroatoms. The summed E-state index contributed by atoms with van der Waals surface area (Å²) in [5.41, 5.74) is 6.56. The molecule has 39 heavy (non-hydrogen) atoms. The SMILES string of the molecule is C/C=C(\C)c1ccc2c(c1)c1ccccc1n2-c1nc(C(/C=C\CC)=C/C)nc(-c2ccccc2)n1.C=CC. The molecule has 0 radical (unpaired) electrons. The van der Waals surface area contributed by atoms with E-state index in [1.807, 2.05) is 44.2 Å². The number of hydrogen-bond donors (Lipinski definition) is 0. The Labute approximate surface area is 231 Å². The summed E-state index contributed by atoms with van der Waals surface area (Å²) in [6, 6.07) is 25.2. The van der Waals surface area contributed by atoms with Gasteiger partial charge in [-0.1, -0.05) is 91.9 Å². The molecule has 5 rings (SSSR count). The highest BCUT2D eigenvalue weighted by molar-refractivity contribution is 6.09. The fourth-order valence-electron chi connectivity index (χ4n) is 4.46. The molecule has 0 fully saturated rings. The molecule has 0 spiro atoms. The number of fused-ring (bicyclic) bond motifs is 3. The van der Waals surface area contributed by atoms with Gasteiger partial charge in [-0.15, -0.1) is 6.58 Å². The molecule has 0 aliphatic rings. The molecular formula is C35H36N4. The summed E-state index contributed by atoms with van der Waals surface area (Å²) in [7, 11) is 0. The summed E-state index contributed by atoms with van der Waals surface area (Å²) in [5, 5.41) is 2.36. The van der Waals surface area contributed by atoms with E-state index in [4.69, 9.17) is 15.0 Å². The highest BCUT2D eigenvalue weighted by Gasteiger charge is 2.18. The lowest BCUT2D eigenvalue weighted by Gasteiger charge is -2.11. The second kappa shape index (κ2) is 12.8. The van der Waals surface area contributed by atoms with Gasteiger partial charge in [-0.25, -0.2) is 4.98 Å². The van der Waals surface area contributed by atoms with Crippen molar-refractivity contribution in [2.45, 2.75) is 41.0 Å². The number of hydrogen-bond acceptors (Lipinski definition) is 3. The molecule has 3 aromatic carbocycles. The lowest BCUT2D eigenvalue weighted by Crippen LogP contribution is -2.07. The van der Waals surface area contributed by atoms with E-state index in [2.05, 4.69) is 98.7 Å². The molecule has 0 saturated heterocycles. The Bertz CT molecular complexity index is 1680. The fraction of sp³-hybridized carbons (Fsp3) is 0.171. The zero-order chi connectivity index (χ0) is 27.8. The van der Waals surface area contributed by atoms with Crippen molar-refractivity contribution >= 4 is 33.0 Å². The van der Waals surface area contributed by atoms with Crippen LogP contribution in [0.25, 0.3) is 50.3 Å². The van der Waals surface area contributed by atoms with Gasteiger partial charge in [-0.05, 0) is 63.5 Å². The highest BCUT2D eigenvalue weighted by atomic mass is 15.2. The normalized spacial score (nSPS) is 12.1. The van der Waals surface area contributed by atoms with Crippen LogP contribution < -0.4 is 0 Å². The highest BCUT2D eigenvalue weighted by Crippen LogP contribution is 2.33. The van der Waals surface area contributed by atoms with E-state index in [-0.39, 0.29) is 0 Å². The maximum atomic E-state index is 5.01. The third-order valence-corrected chi connectivity index (χ3v) is 6.52. The minimum atomic E-state index is 0.616. The molecule has 0 bridgehead atoms. The summed E-state index contributed by atoms with van der Waals surface area (Å²) in [6.45, 7) is 13.6. The Morgan fingerprint density at radius 1 is 0.821 bits per heavy atom. The molecule has 0 unspecified atom stereocenters.